The van der Waals surface area contributed by atoms with Gasteiger partial charge in [-0.15, -0.1) is 0 Å². The molecule has 4 nitrogen and oxygen atoms in total. The summed E-state index contributed by atoms with van der Waals surface area (Å²) in [5.74, 6) is 0.0489. The molecule has 1 aliphatic heterocycles. The van der Waals surface area contributed by atoms with E-state index in [-0.39, 0.29) is 17.8 Å². The molecule has 0 spiro atoms. The number of nitrogens with zero attached hydrogens (tertiary/aromatic N) is 3. The normalized spacial score (nSPS) is 24.1. The minimum absolute atomic E-state index is 0.00838. The number of rotatable bonds is 3. The van der Waals surface area contributed by atoms with E-state index in [1.165, 1.54) is 12.1 Å². The lowest BCUT2D eigenvalue weighted by Gasteiger charge is -2.07. The van der Waals surface area contributed by atoms with Gasteiger partial charge in [0.1, 0.15) is 5.82 Å². The molecule has 1 aliphatic rings. The van der Waals surface area contributed by atoms with E-state index in [9.17, 15) is 4.39 Å². The quantitative estimate of drug-likeness (QED) is 0.439. The molecular formula is C11H12FN3O. The summed E-state index contributed by atoms with van der Waals surface area (Å²) in [5.41, 5.74) is 9.28. The van der Waals surface area contributed by atoms with Crippen LogP contribution in [0, 0.1) is 5.82 Å². The van der Waals surface area contributed by atoms with Gasteiger partial charge in [0.25, 0.3) is 0 Å². The van der Waals surface area contributed by atoms with Crippen molar-refractivity contribution in [1.29, 1.82) is 0 Å². The van der Waals surface area contributed by atoms with Crippen LogP contribution in [0.2, 0.25) is 0 Å². The first-order valence-electron chi connectivity index (χ1n) is 5.17. The summed E-state index contributed by atoms with van der Waals surface area (Å²) in [6.07, 6.45) is 0.816. The minimum Gasteiger partial charge on any atom is -0.377 e. The molecule has 0 bridgehead atoms. The van der Waals surface area contributed by atoms with Crippen LogP contribution < -0.4 is 0 Å². The van der Waals surface area contributed by atoms with Crippen molar-refractivity contribution < 1.29 is 9.13 Å². The average molecular weight is 221 g/mol. The van der Waals surface area contributed by atoms with Gasteiger partial charge in [0.05, 0.1) is 19.3 Å². The molecule has 1 saturated heterocycles. The third kappa shape index (κ3) is 2.51. The van der Waals surface area contributed by atoms with Crippen molar-refractivity contribution in [3.8, 4) is 0 Å². The second kappa shape index (κ2) is 4.96. The third-order valence-electron chi connectivity index (χ3n) is 2.77. The molecule has 16 heavy (non-hydrogen) atoms. The predicted molar refractivity (Wildman–Crippen MR) is 57.5 cm³/mol. The average Bonchev–Trinajstić information content (AvgIpc) is 2.76. The van der Waals surface area contributed by atoms with Crippen LogP contribution in [0.1, 0.15) is 17.9 Å². The van der Waals surface area contributed by atoms with Gasteiger partial charge in [0.2, 0.25) is 0 Å². The summed E-state index contributed by atoms with van der Waals surface area (Å²) < 4.78 is 18.2. The van der Waals surface area contributed by atoms with Gasteiger partial charge in [-0.3, -0.25) is 0 Å². The second-order valence-corrected chi connectivity index (χ2v) is 3.85. The Morgan fingerprint density at radius 1 is 1.44 bits per heavy atom. The summed E-state index contributed by atoms with van der Waals surface area (Å²) in [6, 6.07) is 6.46. The van der Waals surface area contributed by atoms with Gasteiger partial charge in [0.15, 0.2) is 0 Å². The zero-order valence-electron chi connectivity index (χ0n) is 8.71. The monoisotopic (exact) mass is 221 g/mol. The highest BCUT2D eigenvalue weighted by Gasteiger charge is 2.25. The Labute approximate surface area is 92.7 Å². The van der Waals surface area contributed by atoms with Crippen LogP contribution in [-0.4, -0.2) is 19.3 Å². The molecule has 0 radical (unpaired) electrons. The number of benzene rings is 1. The Kier molecular flexibility index (Phi) is 3.39. The zero-order valence-corrected chi connectivity index (χ0v) is 8.71. The molecule has 2 unspecified atom stereocenters. The Balaban J connectivity index is 1.97. The van der Waals surface area contributed by atoms with Crippen LogP contribution >= 0.6 is 0 Å². The third-order valence-corrected chi connectivity index (χ3v) is 2.77. The van der Waals surface area contributed by atoms with Gasteiger partial charge in [-0.1, -0.05) is 17.2 Å². The van der Waals surface area contributed by atoms with E-state index < -0.39 is 0 Å². The predicted octanol–water partition coefficient (Wildman–Crippen LogP) is 3.01. The molecule has 0 N–H and O–H groups in total. The molecule has 1 aromatic carbocycles. The van der Waals surface area contributed by atoms with Crippen molar-refractivity contribution >= 4 is 0 Å². The highest BCUT2D eigenvalue weighted by molar-refractivity contribution is 5.21. The van der Waals surface area contributed by atoms with Crippen molar-refractivity contribution in [3.63, 3.8) is 0 Å². The molecule has 0 amide bonds. The fourth-order valence-corrected chi connectivity index (χ4v) is 1.93. The first-order chi connectivity index (χ1) is 7.79. The highest BCUT2D eigenvalue weighted by atomic mass is 19.1. The molecule has 0 saturated carbocycles. The molecule has 0 aliphatic carbocycles. The van der Waals surface area contributed by atoms with E-state index in [4.69, 9.17) is 10.3 Å². The van der Waals surface area contributed by atoms with E-state index in [0.29, 0.717) is 13.2 Å². The van der Waals surface area contributed by atoms with E-state index in [1.54, 1.807) is 12.1 Å². The molecule has 1 aromatic rings. The molecule has 84 valence electrons. The van der Waals surface area contributed by atoms with Crippen molar-refractivity contribution in [2.75, 3.05) is 13.2 Å². The van der Waals surface area contributed by atoms with Crippen LogP contribution in [0.4, 0.5) is 4.39 Å². The van der Waals surface area contributed by atoms with E-state index in [1.807, 2.05) is 0 Å². The molecule has 0 aromatic heterocycles. The first kappa shape index (κ1) is 10.9. The Hall–Kier alpha value is -1.58. The fraction of sp³-hybridized carbons (Fsp3) is 0.455. The van der Waals surface area contributed by atoms with Gasteiger partial charge < -0.3 is 4.74 Å². The minimum atomic E-state index is -0.228. The molecule has 2 rings (SSSR count). The topological polar surface area (TPSA) is 58.0 Å². The van der Waals surface area contributed by atoms with Crippen LogP contribution in [0.25, 0.3) is 10.4 Å². The van der Waals surface area contributed by atoms with Crippen molar-refractivity contribution in [2.45, 2.75) is 18.4 Å². The number of ether oxygens (including phenoxy) is 1. The van der Waals surface area contributed by atoms with Gasteiger partial charge in [-0.05, 0) is 29.6 Å². The van der Waals surface area contributed by atoms with E-state index >= 15 is 0 Å². The summed E-state index contributed by atoms with van der Waals surface area (Å²) in [7, 11) is 0. The molecule has 1 fully saturated rings. The van der Waals surface area contributed by atoms with Gasteiger partial charge >= 0.3 is 0 Å². The summed E-state index contributed by atoms with van der Waals surface area (Å²) in [5, 5.41) is 3.49. The summed E-state index contributed by atoms with van der Waals surface area (Å²) in [6.45, 7) is 0.978. The van der Waals surface area contributed by atoms with Crippen molar-refractivity contribution in [1.82, 2.24) is 0 Å². The van der Waals surface area contributed by atoms with Crippen molar-refractivity contribution in [2.24, 2.45) is 5.11 Å². The molecule has 2 atom stereocenters. The molecule has 5 heteroatoms. The maximum atomic E-state index is 12.7. The Morgan fingerprint density at radius 2 is 2.19 bits per heavy atom. The lowest BCUT2D eigenvalue weighted by atomic mass is 9.96. The van der Waals surface area contributed by atoms with E-state index in [2.05, 4.69) is 10.0 Å². The van der Waals surface area contributed by atoms with Crippen LogP contribution in [0.15, 0.2) is 29.4 Å². The highest BCUT2D eigenvalue weighted by Crippen LogP contribution is 2.29. The van der Waals surface area contributed by atoms with Gasteiger partial charge in [-0.25, -0.2) is 4.39 Å². The first-order valence-corrected chi connectivity index (χ1v) is 5.17. The lowest BCUT2D eigenvalue weighted by molar-refractivity contribution is 0.116. The van der Waals surface area contributed by atoms with E-state index in [0.717, 1.165) is 12.0 Å². The standard InChI is InChI=1S/C11H12FN3O/c12-10-3-1-8(2-4-10)9-5-11(16-7-9)6-14-15-13/h1-4,9,11H,5-7H2. The van der Waals surface area contributed by atoms with Crippen LogP contribution in [0.3, 0.4) is 0 Å². The maximum Gasteiger partial charge on any atom is 0.123 e. The Morgan fingerprint density at radius 3 is 2.88 bits per heavy atom. The largest absolute Gasteiger partial charge is 0.377 e. The number of hydrogen-bond donors (Lipinski definition) is 0. The molecule has 1 heterocycles. The number of hydrogen-bond acceptors (Lipinski definition) is 2. The Bertz CT molecular complexity index is 400. The fourth-order valence-electron chi connectivity index (χ4n) is 1.93. The van der Waals surface area contributed by atoms with Crippen LogP contribution in [-0.2, 0) is 4.74 Å². The van der Waals surface area contributed by atoms with Crippen LogP contribution in [0.5, 0.6) is 0 Å². The van der Waals surface area contributed by atoms with Gasteiger partial charge in [0, 0.05) is 10.8 Å². The zero-order chi connectivity index (χ0) is 11.4. The maximum absolute atomic E-state index is 12.7. The molecular weight excluding hydrogens is 209 g/mol. The number of azide groups is 1. The lowest BCUT2D eigenvalue weighted by Crippen LogP contribution is -2.08. The number of halogens is 1. The smallest absolute Gasteiger partial charge is 0.123 e. The SMILES string of the molecule is [N-]=[N+]=NCC1CC(c2ccc(F)cc2)CO1. The summed E-state index contributed by atoms with van der Waals surface area (Å²) in [4.78, 5) is 2.70. The second-order valence-electron chi connectivity index (χ2n) is 3.85. The summed E-state index contributed by atoms with van der Waals surface area (Å²) >= 11 is 0. The van der Waals surface area contributed by atoms with Gasteiger partial charge in [-0.2, -0.15) is 0 Å². The van der Waals surface area contributed by atoms with Crippen molar-refractivity contribution in [3.05, 3.63) is 46.1 Å².